The number of carboxylic acids is 1. The van der Waals surface area contributed by atoms with Gasteiger partial charge in [-0.2, -0.15) is 0 Å². The van der Waals surface area contributed by atoms with E-state index in [1.807, 2.05) is 38.1 Å². The van der Waals surface area contributed by atoms with E-state index in [1.165, 1.54) is 11.3 Å². The predicted molar refractivity (Wildman–Crippen MR) is 101 cm³/mol. The van der Waals surface area contributed by atoms with Crippen LogP contribution in [0.3, 0.4) is 0 Å². The highest BCUT2D eigenvalue weighted by atomic mass is 32.1. The fourth-order valence-electron chi connectivity index (χ4n) is 2.85. The Labute approximate surface area is 161 Å². The Balaban J connectivity index is 1.73. The topological polar surface area (TPSA) is 97.8 Å². The molecular formula is C19H22N2O5S. The number of nitrogens with zero attached hydrogens (tertiary/aromatic N) is 1. The number of carbonyl (C=O) groups is 2. The van der Waals surface area contributed by atoms with Gasteiger partial charge in [0.1, 0.15) is 22.0 Å². The van der Waals surface area contributed by atoms with Gasteiger partial charge < -0.3 is 19.9 Å². The zero-order valence-electron chi connectivity index (χ0n) is 15.2. The second-order valence-electron chi connectivity index (χ2n) is 6.68. The Hall–Kier alpha value is -2.45. The molecular weight excluding hydrogens is 368 g/mol. The van der Waals surface area contributed by atoms with Crippen molar-refractivity contribution in [3.63, 3.8) is 0 Å². The van der Waals surface area contributed by atoms with Crippen molar-refractivity contribution in [3.8, 4) is 16.3 Å². The third-order valence-corrected chi connectivity index (χ3v) is 5.21. The Morgan fingerprint density at radius 2 is 1.93 bits per heavy atom. The zero-order valence-corrected chi connectivity index (χ0v) is 16.0. The van der Waals surface area contributed by atoms with E-state index >= 15 is 0 Å². The number of ether oxygens (including phenoxy) is 2. The van der Waals surface area contributed by atoms with E-state index in [-0.39, 0.29) is 24.6 Å². The van der Waals surface area contributed by atoms with Gasteiger partial charge in [0.05, 0.1) is 6.10 Å². The lowest BCUT2D eigenvalue weighted by Gasteiger charge is -2.33. The molecule has 0 bridgehead atoms. The van der Waals surface area contributed by atoms with E-state index in [4.69, 9.17) is 9.47 Å². The first-order valence-electron chi connectivity index (χ1n) is 8.76. The number of hydrogen-bond acceptors (Lipinski definition) is 6. The van der Waals surface area contributed by atoms with E-state index in [9.17, 15) is 14.7 Å². The lowest BCUT2D eigenvalue weighted by Crippen LogP contribution is -2.57. The Kier molecular flexibility index (Phi) is 5.76. The lowest BCUT2D eigenvalue weighted by molar-refractivity contribution is -0.148. The maximum Gasteiger partial charge on any atom is 0.329 e. The van der Waals surface area contributed by atoms with E-state index < -0.39 is 17.4 Å². The number of nitrogens with one attached hydrogen (secondary N) is 1. The van der Waals surface area contributed by atoms with Crippen molar-refractivity contribution in [1.29, 1.82) is 0 Å². The molecule has 3 rings (SSSR count). The van der Waals surface area contributed by atoms with Crippen LogP contribution >= 0.6 is 11.3 Å². The average Bonchev–Trinajstić information content (AvgIpc) is 3.13. The zero-order chi connectivity index (χ0) is 19.4. The number of carboxylic acid groups (broad SMARTS) is 1. The summed E-state index contributed by atoms with van der Waals surface area (Å²) in [5.41, 5.74) is -0.214. The van der Waals surface area contributed by atoms with Crippen LogP contribution < -0.4 is 10.1 Å². The number of benzene rings is 1. The summed E-state index contributed by atoms with van der Waals surface area (Å²) >= 11 is 1.34. The third-order valence-electron chi connectivity index (χ3n) is 4.32. The van der Waals surface area contributed by atoms with Crippen molar-refractivity contribution in [3.05, 3.63) is 35.3 Å². The monoisotopic (exact) mass is 390 g/mol. The molecule has 0 spiro atoms. The van der Waals surface area contributed by atoms with Crippen LogP contribution in [-0.2, 0) is 9.53 Å². The number of amides is 1. The number of aliphatic carboxylic acids is 1. The minimum atomic E-state index is -1.30. The van der Waals surface area contributed by atoms with Crippen LogP contribution in [0.25, 0.3) is 10.6 Å². The highest BCUT2D eigenvalue weighted by Crippen LogP contribution is 2.27. The SMILES string of the molecule is CC(C)Oc1ccc(-c2nc(C(=O)NC3(C(=O)O)CCOCC3)cs2)cc1. The maximum absolute atomic E-state index is 12.6. The van der Waals surface area contributed by atoms with E-state index in [2.05, 4.69) is 10.3 Å². The predicted octanol–water partition coefficient (Wildman–Crippen LogP) is 2.96. The van der Waals surface area contributed by atoms with Gasteiger partial charge in [0.15, 0.2) is 0 Å². The highest BCUT2D eigenvalue weighted by molar-refractivity contribution is 7.13. The van der Waals surface area contributed by atoms with Gasteiger partial charge >= 0.3 is 5.97 Å². The van der Waals surface area contributed by atoms with Crippen LogP contribution in [0.4, 0.5) is 0 Å². The summed E-state index contributed by atoms with van der Waals surface area (Å²) in [7, 11) is 0. The number of thiazole rings is 1. The summed E-state index contributed by atoms with van der Waals surface area (Å²) in [5, 5.41) is 14.5. The molecule has 0 aliphatic carbocycles. The molecule has 0 radical (unpaired) electrons. The normalized spacial score (nSPS) is 16.1. The summed E-state index contributed by atoms with van der Waals surface area (Å²) in [4.78, 5) is 28.6. The third kappa shape index (κ3) is 4.45. The molecule has 1 aliphatic rings. The molecule has 2 aromatic rings. The Bertz CT molecular complexity index is 810. The minimum absolute atomic E-state index is 0.0951. The number of hydrogen-bond donors (Lipinski definition) is 2. The van der Waals surface area contributed by atoms with Gasteiger partial charge in [-0.1, -0.05) is 0 Å². The van der Waals surface area contributed by atoms with Crippen molar-refractivity contribution in [2.24, 2.45) is 0 Å². The summed E-state index contributed by atoms with van der Waals surface area (Å²) < 4.78 is 10.8. The summed E-state index contributed by atoms with van der Waals surface area (Å²) in [6, 6.07) is 7.49. The fraction of sp³-hybridized carbons (Fsp3) is 0.421. The van der Waals surface area contributed by atoms with Crippen LogP contribution in [0.1, 0.15) is 37.2 Å². The van der Waals surface area contributed by atoms with E-state index in [0.717, 1.165) is 11.3 Å². The molecule has 0 saturated carbocycles. The minimum Gasteiger partial charge on any atom is -0.491 e. The first-order valence-corrected chi connectivity index (χ1v) is 9.64. The molecule has 0 atom stereocenters. The molecule has 1 fully saturated rings. The summed E-state index contributed by atoms with van der Waals surface area (Å²) in [5.74, 6) is -0.761. The largest absolute Gasteiger partial charge is 0.491 e. The molecule has 7 nitrogen and oxygen atoms in total. The van der Waals surface area contributed by atoms with Crippen molar-refractivity contribution >= 4 is 23.2 Å². The molecule has 1 amide bonds. The summed E-state index contributed by atoms with van der Waals surface area (Å²) in [6.45, 7) is 4.53. The smallest absolute Gasteiger partial charge is 0.329 e. The van der Waals surface area contributed by atoms with Crippen LogP contribution in [0.2, 0.25) is 0 Å². The quantitative estimate of drug-likeness (QED) is 0.787. The number of carbonyl (C=O) groups excluding carboxylic acids is 1. The molecule has 1 saturated heterocycles. The van der Waals surface area contributed by atoms with Gasteiger partial charge in [0, 0.05) is 37.0 Å². The standard InChI is InChI=1S/C19H22N2O5S/c1-12(2)26-14-5-3-13(4-6-14)17-20-15(11-27-17)16(22)21-19(18(23)24)7-9-25-10-8-19/h3-6,11-12H,7-10H2,1-2H3,(H,21,22)(H,23,24). The van der Waals surface area contributed by atoms with Gasteiger partial charge in [-0.15, -0.1) is 11.3 Å². The average molecular weight is 390 g/mol. The number of rotatable bonds is 6. The van der Waals surface area contributed by atoms with Crippen molar-refractivity contribution in [2.45, 2.75) is 38.3 Å². The molecule has 144 valence electrons. The Morgan fingerprint density at radius 1 is 1.26 bits per heavy atom. The second-order valence-corrected chi connectivity index (χ2v) is 7.54. The fourth-order valence-corrected chi connectivity index (χ4v) is 3.66. The molecule has 1 aromatic heterocycles. The van der Waals surface area contributed by atoms with Crippen LogP contribution in [0.15, 0.2) is 29.6 Å². The maximum atomic E-state index is 12.6. The molecule has 2 N–H and O–H groups in total. The second kappa shape index (κ2) is 8.06. The van der Waals surface area contributed by atoms with Gasteiger partial charge in [0.2, 0.25) is 0 Å². The first-order chi connectivity index (χ1) is 12.9. The highest BCUT2D eigenvalue weighted by Gasteiger charge is 2.42. The van der Waals surface area contributed by atoms with Crippen LogP contribution in [-0.4, -0.2) is 46.8 Å². The van der Waals surface area contributed by atoms with Crippen molar-refractivity contribution in [1.82, 2.24) is 10.3 Å². The van der Waals surface area contributed by atoms with Gasteiger partial charge in [-0.25, -0.2) is 9.78 Å². The molecule has 27 heavy (non-hydrogen) atoms. The van der Waals surface area contributed by atoms with Gasteiger partial charge in [0.25, 0.3) is 5.91 Å². The molecule has 8 heteroatoms. The molecule has 2 heterocycles. The van der Waals surface area contributed by atoms with Crippen molar-refractivity contribution < 1.29 is 24.2 Å². The molecule has 1 aromatic carbocycles. The lowest BCUT2D eigenvalue weighted by atomic mass is 9.90. The molecule has 1 aliphatic heterocycles. The molecule has 0 unspecified atom stereocenters. The van der Waals surface area contributed by atoms with Crippen LogP contribution in [0, 0.1) is 0 Å². The summed E-state index contributed by atoms with van der Waals surface area (Å²) in [6.07, 6.45) is 0.572. The number of aromatic nitrogens is 1. The van der Waals surface area contributed by atoms with Crippen LogP contribution in [0.5, 0.6) is 5.75 Å². The van der Waals surface area contributed by atoms with E-state index in [1.54, 1.807) is 5.38 Å². The van der Waals surface area contributed by atoms with Gasteiger partial charge in [-0.05, 0) is 38.1 Å². The Morgan fingerprint density at radius 3 is 2.52 bits per heavy atom. The van der Waals surface area contributed by atoms with Gasteiger partial charge in [-0.3, -0.25) is 4.79 Å². The first kappa shape index (κ1) is 19.3. The van der Waals surface area contributed by atoms with E-state index in [0.29, 0.717) is 18.2 Å². The van der Waals surface area contributed by atoms with Crippen molar-refractivity contribution in [2.75, 3.05) is 13.2 Å².